The van der Waals surface area contributed by atoms with Gasteiger partial charge in [-0.25, -0.2) is 0 Å². The average Bonchev–Trinajstić information content (AvgIpc) is 2.53. The summed E-state index contributed by atoms with van der Waals surface area (Å²) in [6.45, 7) is 2.46. The van der Waals surface area contributed by atoms with Crippen LogP contribution < -0.4 is 14.2 Å². The van der Waals surface area contributed by atoms with Crippen LogP contribution in [0.1, 0.15) is 5.56 Å². The minimum atomic E-state index is -0.500. The van der Waals surface area contributed by atoms with Gasteiger partial charge in [0.1, 0.15) is 24.7 Å². The number of hydrogen-bond donors (Lipinski definition) is 0. The maximum absolute atomic E-state index is 11.0. The monoisotopic (exact) mass is 303 g/mol. The van der Waals surface area contributed by atoms with E-state index in [-0.39, 0.29) is 18.0 Å². The summed E-state index contributed by atoms with van der Waals surface area (Å²) in [5.74, 6) is 1.38. The first-order valence-corrected chi connectivity index (χ1v) is 6.75. The van der Waals surface area contributed by atoms with Crippen LogP contribution in [0.5, 0.6) is 17.2 Å². The van der Waals surface area contributed by atoms with Gasteiger partial charge in [0.2, 0.25) is 0 Å². The van der Waals surface area contributed by atoms with Gasteiger partial charge in [0.15, 0.2) is 5.75 Å². The first kappa shape index (κ1) is 15.6. The number of ether oxygens (including phenoxy) is 3. The molecule has 0 N–H and O–H groups in total. The van der Waals surface area contributed by atoms with Crippen LogP contribution >= 0.6 is 0 Å². The van der Waals surface area contributed by atoms with Crippen LogP contribution in [0.3, 0.4) is 0 Å². The first-order valence-electron chi connectivity index (χ1n) is 6.75. The maximum Gasteiger partial charge on any atom is 0.314 e. The average molecular weight is 303 g/mol. The van der Waals surface area contributed by atoms with Crippen LogP contribution in [-0.2, 0) is 0 Å². The molecular weight excluding hydrogens is 286 g/mol. The van der Waals surface area contributed by atoms with E-state index in [0.29, 0.717) is 12.4 Å². The van der Waals surface area contributed by atoms with E-state index in [1.54, 1.807) is 6.07 Å². The van der Waals surface area contributed by atoms with Gasteiger partial charge in [0, 0.05) is 0 Å². The Labute approximate surface area is 128 Å². The Hall–Kier alpha value is -2.76. The highest BCUT2D eigenvalue weighted by Crippen LogP contribution is 2.30. The highest BCUT2D eigenvalue weighted by Gasteiger charge is 2.16. The Morgan fingerprint density at radius 1 is 1.05 bits per heavy atom. The number of para-hydroxylation sites is 1. The lowest BCUT2D eigenvalue weighted by atomic mass is 10.2. The van der Waals surface area contributed by atoms with Gasteiger partial charge in [-0.05, 0) is 30.7 Å². The highest BCUT2D eigenvalue weighted by molar-refractivity contribution is 5.50. The van der Waals surface area contributed by atoms with Gasteiger partial charge in [0.25, 0.3) is 0 Å². The SMILES string of the molecule is COc1ccc(OCCOc2ccccc2C)c([N+](=O)[O-])c1. The minimum absolute atomic E-state index is 0.129. The third-order valence-corrected chi connectivity index (χ3v) is 3.05. The molecule has 0 aliphatic heterocycles. The van der Waals surface area contributed by atoms with Gasteiger partial charge in [-0.15, -0.1) is 0 Å². The van der Waals surface area contributed by atoms with Gasteiger partial charge in [0.05, 0.1) is 18.1 Å². The lowest BCUT2D eigenvalue weighted by molar-refractivity contribution is -0.385. The van der Waals surface area contributed by atoms with Crippen molar-refractivity contribution in [3.63, 3.8) is 0 Å². The molecule has 0 saturated carbocycles. The Balaban J connectivity index is 1.94. The van der Waals surface area contributed by atoms with Crippen molar-refractivity contribution in [2.24, 2.45) is 0 Å². The zero-order valence-corrected chi connectivity index (χ0v) is 12.4. The van der Waals surface area contributed by atoms with E-state index in [0.717, 1.165) is 11.3 Å². The van der Waals surface area contributed by atoms with Crippen molar-refractivity contribution < 1.29 is 19.1 Å². The molecule has 2 aromatic rings. The van der Waals surface area contributed by atoms with E-state index < -0.39 is 4.92 Å². The number of nitro groups is 1. The fourth-order valence-corrected chi connectivity index (χ4v) is 1.91. The summed E-state index contributed by atoms with van der Waals surface area (Å²) < 4.78 is 16.0. The largest absolute Gasteiger partial charge is 0.496 e. The molecule has 0 bridgehead atoms. The molecule has 6 heteroatoms. The van der Waals surface area contributed by atoms with Crippen LogP contribution in [0.25, 0.3) is 0 Å². The minimum Gasteiger partial charge on any atom is -0.496 e. The highest BCUT2D eigenvalue weighted by atomic mass is 16.6. The van der Waals surface area contributed by atoms with E-state index in [1.165, 1.54) is 19.2 Å². The molecule has 22 heavy (non-hydrogen) atoms. The second-order valence-electron chi connectivity index (χ2n) is 4.55. The molecule has 0 aliphatic rings. The standard InChI is InChI=1S/C16H17NO5/c1-12-5-3-4-6-15(12)21-9-10-22-16-8-7-13(20-2)11-14(16)17(18)19/h3-8,11H,9-10H2,1-2H3. The van der Waals surface area contributed by atoms with E-state index in [9.17, 15) is 10.1 Å². The number of hydrogen-bond acceptors (Lipinski definition) is 5. The molecule has 116 valence electrons. The molecule has 6 nitrogen and oxygen atoms in total. The maximum atomic E-state index is 11.0. The lowest BCUT2D eigenvalue weighted by Gasteiger charge is -2.10. The predicted molar refractivity (Wildman–Crippen MR) is 81.8 cm³/mol. The summed E-state index contributed by atoms with van der Waals surface area (Å²) in [5, 5.41) is 11.0. The lowest BCUT2D eigenvalue weighted by Crippen LogP contribution is -2.10. The number of rotatable bonds is 7. The van der Waals surface area contributed by atoms with Crippen molar-refractivity contribution in [1.29, 1.82) is 0 Å². The number of nitrogens with zero attached hydrogens (tertiary/aromatic N) is 1. The molecule has 0 aliphatic carbocycles. The third kappa shape index (κ3) is 3.88. The fraction of sp³-hybridized carbons (Fsp3) is 0.250. The number of nitro benzene ring substituents is 1. The topological polar surface area (TPSA) is 70.8 Å². The smallest absolute Gasteiger partial charge is 0.314 e. The third-order valence-electron chi connectivity index (χ3n) is 3.05. The van der Waals surface area contributed by atoms with Crippen LogP contribution in [0.15, 0.2) is 42.5 Å². The zero-order chi connectivity index (χ0) is 15.9. The van der Waals surface area contributed by atoms with Crippen molar-refractivity contribution in [1.82, 2.24) is 0 Å². The quantitative estimate of drug-likeness (QED) is 0.445. The molecule has 2 aromatic carbocycles. The van der Waals surface area contributed by atoms with Crippen molar-refractivity contribution >= 4 is 5.69 Å². The Morgan fingerprint density at radius 2 is 1.73 bits per heavy atom. The van der Waals surface area contributed by atoms with Gasteiger partial charge >= 0.3 is 5.69 Å². The summed E-state index contributed by atoms with van der Waals surface area (Å²) in [4.78, 5) is 10.5. The molecule has 0 saturated heterocycles. The summed E-state index contributed by atoms with van der Waals surface area (Å²) >= 11 is 0. The molecule has 0 heterocycles. The summed E-state index contributed by atoms with van der Waals surface area (Å²) in [6, 6.07) is 12.1. The molecule has 0 radical (unpaired) electrons. The zero-order valence-electron chi connectivity index (χ0n) is 12.4. The van der Waals surface area contributed by atoms with E-state index in [4.69, 9.17) is 14.2 Å². The Kier molecular flexibility index (Phi) is 5.19. The number of methoxy groups -OCH3 is 1. The van der Waals surface area contributed by atoms with Gasteiger partial charge in [-0.3, -0.25) is 10.1 Å². The van der Waals surface area contributed by atoms with Crippen molar-refractivity contribution in [2.75, 3.05) is 20.3 Å². The number of aryl methyl sites for hydroxylation is 1. The van der Waals surface area contributed by atoms with Crippen LogP contribution in [0.2, 0.25) is 0 Å². The summed E-state index contributed by atoms with van der Waals surface area (Å²) in [6.07, 6.45) is 0. The first-order chi connectivity index (χ1) is 10.6. The second-order valence-corrected chi connectivity index (χ2v) is 4.55. The fourth-order valence-electron chi connectivity index (χ4n) is 1.91. The van der Waals surface area contributed by atoms with Crippen molar-refractivity contribution in [2.45, 2.75) is 6.92 Å². The molecule has 0 amide bonds. The summed E-state index contributed by atoms with van der Waals surface area (Å²) in [5.41, 5.74) is 0.896. The summed E-state index contributed by atoms with van der Waals surface area (Å²) in [7, 11) is 1.45. The van der Waals surface area contributed by atoms with Crippen LogP contribution in [0.4, 0.5) is 5.69 Å². The molecular formula is C16H17NO5. The molecule has 0 atom stereocenters. The van der Waals surface area contributed by atoms with E-state index in [2.05, 4.69) is 0 Å². The Bertz CT molecular complexity index is 657. The van der Waals surface area contributed by atoms with E-state index in [1.807, 2.05) is 31.2 Å². The normalized spacial score (nSPS) is 10.1. The molecule has 0 spiro atoms. The molecule has 0 unspecified atom stereocenters. The van der Waals surface area contributed by atoms with Crippen LogP contribution in [-0.4, -0.2) is 25.2 Å². The van der Waals surface area contributed by atoms with Gasteiger partial charge in [-0.1, -0.05) is 18.2 Å². The Morgan fingerprint density at radius 3 is 2.36 bits per heavy atom. The van der Waals surface area contributed by atoms with Crippen LogP contribution in [0, 0.1) is 17.0 Å². The van der Waals surface area contributed by atoms with Crippen molar-refractivity contribution in [3.05, 3.63) is 58.1 Å². The van der Waals surface area contributed by atoms with Gasteiger partial charge < -0.3 is 14.2 Å². The molecule has 0 aromatic heterocycles. The predicted octanol–water partition coefficient (Wildman–Crippen LogP) is 3.37. The number of benzene rings is 2. The second kappa shape index (κ2) is 7.31. The molecule has 2 rings (SSSR count). The van der Waals surface area contributed by atoms with Crippen molar-refractivity contribution in [3.8, 4) is 17.2 Å². The van der Waals surface area contributed by atoms with E-state index >= 15 is 0 Å². The molecule has 0 fully saturated rings. The van der Waals surface area contributed by atoms with Gasteiger partial charge in [-0.2, -0.15) is 0 Å².